The number of halogens is 2. The monoisotopic (exact) mass is 158 g/mol. The Hall–Kier alpha value is 0.0500. The summed E-state index contributed by atoms with van der Waals surface area (Å²) >= 11 is 9.53. The average molecular weight is 159 g/mol. The highest BCUT2D eigenvalue weighted by atomic mass is 35.5. The summed E-state index contributed by atoms with van der Waals surface area (Å²) in [6, 6.07) is 0. The lowest BCUT2D eigenvalue weighted by Crippen LogP contribution is -1.80. The molecule has 0 aliphatic rings. The molecule has 0 amide bonds. The summed E-state index contributed by atoms with van der Waals surface area (Å²) in [7, 11) is 0. The van der Waals surface area contributed by atoms with E-state index in [9.17, 15) is 4.79 Å². The van der Waals surface area contributed by atoms with E-state index in [1.54, 1.807) is 6.92 Å². The molecule has 0 fully saturated rings. The van der Waals surface area contributed by atoms with E-state index in [1.807, 2.05) is 0 Å². The summed E-state index contributed by atoms with van der Waals surface area (Å²) in [5.74, 6) is 0. The SMILES string of the molecule is CCOC=O.ClCCl. The third-order valence-corrected chi connectivity index (χ3v) is 0.235. The first-order chi connectivity index (χ1) is 3.83. The molecule has 0 aliphatic heterocycles. The van der Waals surface area contributed by atoms with Crippen LogP contribution in [0.1, 0.15) is 6.92 Å². The number of hydrogen-bond acceptors (Lipinski definition) is 2. The van der Waals surface area contributed by atoms with Gasteiger partial charge in [0.1, 0.15) is 0 Å². The summed E-state index contributed by atoms with van der Waals surface area (Å²) in [5, 5.41) is 0.194. The molecule has 8 heavy (non-hydrogen) atoms. The molecule has 0 rings (SSSR count). The summed E-state index contributed by atoms with van der Waals surface area (Å²) < 4.78 is 4.15. The Kier molecular flexibility index (Phi) is 21.5. The lowest BCUT2D eigenvalue weighted by atomic mass is 10.9. The first kappa shape index (κ1) is 10.9. The van der Waals surface area contributed by atoms with Gasteiger partial charge in [-0.05, 0) is 6.92 Å². The van der Waals surface area contributed by atoms with Crippen molar-refractivity contribution in [2.75, 3.05) is 11.9 Å². The van der Waals surface area contributed by atoms with Gasteiger partial charge in [-0.15, -0.1) is 23.2 Å². The molecule has 0 aliphatic carbocycles. The molecular formula is C4H8Cl2O2. The maximum atomic E-state index is 9.18. The fourth-order valence-electron chi connectivity index (χ4n) is 0.0680. The van der Waals surface area contributed by atoms with Crippen molar-refractivity contribution >= 4 is 29.7 Å². The molecule has 0 aromatic carbocycles. The maximum Gasteiger partial charge on any atom is 0.293 e. The normalized spacial score (nSPS) is 6.38. The Bertz CT molecular complexity index is 41.0. The van der Waals surface area contributed by atoms with Crippen molar-refractivity contribution in [3.8, 4) is 0 Å². The van der Waals surface area contributed by atoms with Crippen LogP contribution in [0.5, 0.6) is 0 Å². The van der Waals surface area contributed by atoms with Crippen LogP contribution in [0, 0.1) is 0 Å². The van der Waals surface area contributed by atoms with Crippen LogP contribution in [0.2, 0.25) is 0 Å². The van der Waals surface area contributed by atoms with E-state index in [4.69, 9.17) is 23.2 Å². The first-order valence-electron chi connectivity index (χ1n) is 2.00. The lowest BCUT2D eigenvalue weighted by Gasteiger charge is -1.79. The highest BCUT2D eigenvalue weighted by molar-refractivity contribution is 6.40. The average Bonchev–Trinajstić information content (AvgIpc) is 1.71. The zero-order valence-corrected chi connectivity index (χ0v) is 6.08. The van der Waals surface area contributed by atoms with Gasteiger partial charge in [-0.2, -0.15) is 0 Å². The molecule has 0 spiro atoms. The van der Waals surface area contributed by atoms with Crippen molar-refractivity contribution in [3.63, 3.8) is 0 Å². The van der Waals surface area contributed by atoms with Gasteiger partial charge in [0.05, 0.1) is 11.9 Å². The minimum Gasteiger partial charge on any atom is -0.468 e. The Morgan fingerprint density at radius 1 is 1.62 bits per heavy atom. The van der Waals surface area contributed by atoms with Crippen LogP contribution in [0.25, 0.3) is 0 Å². The minimum absolute atomic E-state index is 0.194. The van der Waals surface area contributed by atoms with Gasteiger partial charge in [-0.25, -0.2) is 0 Å². The molecule has 4 heteroatoms. The van der Waals surface area contributed by atoms with Gasteiger partial charge in [0.25, 0.3) is 6.47 Å². The highest BCUT2D eigenvalue weighted by Gasteiger charge is 1.60. The second-order valence-electron chi connectivity index (χ2n) is 0.653. The molecule has 0 N–H and O–H groups in total. The van der Waals surface area contributed by atoms with Crippen LogP contribution in [-0.4, -0.2) is 18.4 Å². The van der Waals surface area contributed by atoms with Crippen LogP contribution >= 0.6 is 23.2 Å². The lowest BCUT2D eigenvalue weighted by molar-refractivity contribution is -0.128. The number of hydrogen-bond donors (Lipinski definition) is 0. The molecule has 0 bridgehead atoms. The predicted octanol–water partition coefficient (Wildman–Crippen LogP) is 1.60. The largest absolute Gasteiger partial charge is 0.468 e. The second-order valence-corrected chi connectivity index (χ2v) is 1.46. The van der Waals surface area contributed by atoms with Crippen LogP contribution in [0.15, 0.2) is 0 Å². The van der Waals surface area contributed by atoms with Gasteiger partial charge in [0.2, 0.25) is 0 Å². The van der Waals surface area contributed by atoms with Gasteiger partial charge in [0, 0.05) is 0 Å². The molecule has 0 aromatic heterocycles. The first-order valence-corrected chi connectivity index (χ1v) is 3.07. The minimum atomic E-state index is 0.194. The van der Waals surface area contributed by atoms with Crippen LogP contribution in [-0.2, 0) is 9.53 Å². The molecule has 0 aromatic rings. The number of carbonyl (C=O) groups is 1. The molecule has 2 nitrogen and oxygen atoms in total. The summed E-state index contributed by atoms with van der Waals surface area (Å²) in [4.78, 5) is 9.18. The van der Waals surface area contributed by atoms with Crippen LogP contribution < -0.4 is 0 Å². The maximum absolute atomic E-state index is 9.18. The molecular weight excluding hydrogens is 151 g/mol. The molecule has 0 saturated carbocycles. The van der Waals surface area contributed by atoms with Gasteiger partial charge >= 0.3 is 0 Å². The second kappa shape index (κ2) is 15.7. The topological polar surface area (TPSA) is 26.3 Å². The highest BCUT2D eigenvalue weighted by Crippen LogP contribution is 1.73. The van der Waals surface area contributed by atoms with Gasteiger partial charge in [-0.1, -0.05) is 0 Å². The zero-order valence-electron chi connectivity index (χ0n) is 4.56. The van der Waals surface area contributed by atoms with E-state index in [-0.39, 0.29) is 5.34 Å². The van der Waals surface area contributed by atoms with Crippen molar-refractivity contribution < 1.29 is 9.53 Å². The third-order valence-electron chi connectivity index (χ3n) is 0.235. The molecule has 0 radical (unpaired) electrons. The number of carbonyl (C=O) groups excluding carboxylic acids is 1. The number of ether oxygens (including phenoxy) is 1. The van der Waals surface area contributed by atoms with E-state index in [1.165, 1.54) is 0 Å². The summed E-state index contributed by atoms with van der Waals surface area (Å²) in [5.41, 5.74) is 0. The fourth-order valence-corrected chi connectivity index (χ4v) is 0.0680. The van der Waals surface area contributed by atoms with Crippen molar-refractivity contribution in [2.24, 2.45) is 0 Å². The Balaban J connectivity index is 0. The Morgan fingerprint density at radius 2 is 2.00 bits per heavy atom. The number of rotatable bonds is 2. The van der Waals surface area contributed by atoms with E-state index in [0.29, 0.717) is 13.1 Å². The molecule has 50 valence electrons. The molecule has 0 unspecified atom stereocenters. The summed E-state index contributed by atoms with van der Waals surface area (Å²) in [6.45, 7) is 2.66. The smallest absolute Gasteiger partial charge is 0.293 e. The molecule has 0 atom stereocenters. The van der Waals surface area contributed by atoms with E-state index >= 15 is 0 Å². The predicted molar refractivity (Wildman–Crippen MR) is 34.3 cm³/mol. The van der Waals surface area contributed by atoms with Crippen molar-refractivity contribution in [3.05, 3.63) is 0 Å². The van der Waals surface area contributed by atoms with Gasteiger partial charge in [0.15, 0.2) is 0 Å². The summed E-state index contributed by atoms with van der Waals surface area (Å²) in [6.07, 6.45) is 0. The van der Waals surface area contributed by atoms with E-state index < -0.39 is 0 Å². The van der Waals surface area contributed by atoms with Gasteiger partial charge in [-0.3, -0.25) is 4.79 Å². The third kappa shape index (κ3) is 36.7. The standard InChI is InChI=1S/C3H6O2.CH2Cl2/c1-2-5-3-4;2-1-3/h3H,2H2,1H3;1H2. The zero-order chi connectivity index (χ0) is 6.83. The van der Waals surface area contributed by atoms with Crippen LogP contribution in [0.3, 0.4) is 0 Å². The fraction of sp³-hybridized carbons (Fsp3) is 0.750. The van der Waals surface area contributed by atoms with E-state index in [0.717, 1.165) is 0 Å². The quantitative estimate of drug-likeness (QED) is 0.451. The van der Waals surface area contributed by atoms with Crippen molar-refractivity contribution in [2.45, 2.75) is 6.92 Å². The Labute approximate surface area is 58.7 Å². The van der Waals surface area contributed by atoms with Gasteiger partial charge < -0.3 is 4.74 Å². The number of alkyl halides is 2. The molecule has 0 heterocycles. The van der Waals surface area contributed by atoms with Crippen molar-refractivity contribution in [1.29, 1.82) is 0 Å². The Morgan fingerprint density at radius 3 is 2.00 bits per heavy atom. The van der Waals surface area contributed by atoms with E-state index in [2.05, 4.69) is 4.74 Å². The molecule has 0 saturated heterocycles. The van der Waals surface area contributed by atoms with Crippen molar-refractivity contribution in [1.82, 2.24) is 0 Å². The van der Waals surface area contributed by atoms with Crippen LogP contribution in [0.4, 0.5) is 0 Å².